The third-order valence-corrected chi connectivity index (χ3v) is 5.29. The highest BCUT2D eigenvalue weighted by atomic mass is 79.9. The van der Waals surface area contributed by atoms with Gasteiger partial charge in [0.15, 0.2) is 0 Å². The lowest BCUT2D eigenvalue weighted by Gasteiger charge is -2.10. The van der Waals surface area contributed by atoms with Crippen LogP contribution in [0, 0.1) is 10.7 Å². The fourth-order valence-electron chi connectivity index (χ4n) is 1.53. The van der Waals surface area contributed by atoms with E-state index in [0.717, 1.165) is 16.7 Å². The summed E-state index contributed by atoms with van der Waals surface area (Å²) in [4.78, 5) is 0.799. The second-order valence-corrected chi connectivity index (χ2v) is 7.73. The van der Waals surface area contributed by atoms with Gasteiger partial charge < -0.3 is 0 Å². The average molecular weight is 404 g/mol. The maximum atomic E-state index is 12.3. The maximum absolute atomic E-state index is 12.3. The van der Waals surface area contributed by atoms with E-state index in [0.29, 0.717) is 15.2 Å². The van der Waals surface area contributed by atoms with Crippen LogP contribution in [0.1, 0.15) is 0 Å². The summed E-state index contributed by atoms with van der Waals surface area (Å²) in [6.07, 6.45) is 0. The zero-order valence-corrected chi connectivity index (χ0v) is 14.4. The Morgan fingerprint density at radius 3 is 2.62 bits per heavy atom. The number of rotatable bonds is 4. The number of sulfonamides is 1. The van der Waals surface area contributed by atoms with Gasteiger partial charge in [-0.1, -0.05) is 17.7 Å². The van der Waals surface area contributed by atoms with Gasteiger partial charge in [-0.3, -0.25) is 4.72 Å². The number of nitriles is 1. The third-order valence-electron chi connectivity index (χ3n) is 2.45. The quantitative estimate of drug-likeness (QED) is 0.604. The molecule has 108 valence electrons. The molecule has 0 bridgehead atoms. The Hall–Kier alpha value is -1.20. The first-order valence-electron chi connectivity index (χ1n) is 5.56. The van der Waals surface area contributed by atoms with E-state index < -0.39 is 10.0 Å². The normalized spacial score (nSPS) is 10.9. The number of nitrogens with zero attached hydrogens (tertiary/aromatic N) is 1. The van der Waals surface area contributed by atoms with E-state index in [-0.39, 0.29) is 4.90 Å². The summed E-state index contributed by atoms with van der Waals surface area (Å²) in [6.45, 7) is 0. The molecule has 0 fully saturated rings. The molecule has 0 aromatic heterocycles. The topological polar surface area (TPSA) is 70.0 Å². The van der Waals surface area contributed by atoms with Crippen molar-refractivity contribution in [2.45, 2.75) is 9.79 Å². The van der Waals surface area contributed by atoms with E-state index in [4.69, 9.17) is 16.9 Å². The molecular weight excluding hydrogens is 396 g/mol. The largest absolute Gasteiger partial charge is 0.278 e. The van der Waals surface area contributed by atoms with Crippen molar-refractivity contribution in [2.24, 2.45) is 0 Å². The number of hydrogen-bond donors (Lipinski definition) is 1. The predicted octanol–water partition coefficient (Wildman–Crippen LogP) is 4.48. The van der Waals surface area contributed by atoms with Crippen molar-refractivity contribution >= 4 is 55.0 Å². The van der Waals surface area contributed by atoms with Crippen LogP contribution in [-0.2, 0) is 10.0 Å². The van der Waals surface area contributed by atoms with E-state index in [2.05, 4.69) is 20.7 Å². The Bertz CT molecular complexity index is 819. The Morgan fingerprint density at radius 2 is 2.00 bits per heavy atom. The van der Waals surface area contributed by atoms with E-state index in [1.807, 2.05) is 5.40 Å². The summed E-state index contributed by atoms with van der Waals surface area (Å²) in [5.74, 6) is 0. The van der Waals surface area contributed by atoms with Gasteiger partial charge in [-0.05, 0) is 64.1 Å². The Kier molecular flexibility index (Phi) is 5.17. The minimum atomic E-state index is -3.72. The second kappa shape index (κ2) is 6.71. The fraction of sp³-hybridized carbons (Fsp3) is 0. The molecule has 2 aromatic rings. The van der Waals surface area contributed by atoms with E-state index in [1.165, 1.54) is 12.1 Å². The number of halogens is 2. The summed E-state index contributed by atoms with van der Waals surface area (Å²) >= 11 is 10.1. The van der Waals surface area contributed by atoms with Crippen LogP contribution in [0.4, 0.5) is 5.69 Å². The molecule has 0 heterocycles. The van der Waals surface area contributed by atoms with Gasteiger partial charge in [-0.25, -0.2) is 8.42 Å². The summed E-state index contributed by atoms with van der Waals surface area (Å²) in [5.41, 5.74) is 0.386. The molecule has 8 heteroatoms. The molecule has 0 spiro atoms. The first-order valence-corrected chi connectivity index (χ1v) is 9.03. The molecule has 0 atom stereocenters. The van der Waals surface area contributed by atoms with E-state index >= 15 is 0 Å². The lowest BCUT2D eigenvalue weighted by Crippen LogP contribution is -2.13. The number of nitrogens with one attached hydrogen (secondary N) is 1. The third kappa shape index (κ3) is 4.14. The first kappa shape index (κ1) is 16.2. The average Bonchev–Trinajstić information content (AvgIpc) is 2.42. The van der Waals surface area contributed by atoms with Gasteiger partial charge in [0.2, 0.25) is 0 Å². The number of thiocyanates is 1. The number of hydrogen-bond acceptors (Lipinski definition) is 4. The summed E-state index contributed by atoms with van der Waals surface area (Å²) < 4.78 is 27.6. The van der Waals surface area contributed by atoms with Crippen molar-refractivity contribution in [1.29, 1.82) is 5.26 Å². The van der Waals surface area contributed by atoms with Crippen LogP contribution < -0.4 is 4.72 Å². The van der Waals surface area contributed by atoms with Crippen molar-refractivity contribution in [1.82, 2.24) is 0 Å². The van der Waals surface area contributed by atoms with E-state index in [1.54, 1.807) is 30.3 Å². The zero-order valence-electron chi connectivity index (χ0n) is 10.4. The molecule has 21 heavy (non-hydrogen) atoms. The van der Waals surface area contributed by atoms with Gasteiger partial charge >= 0.3 is 0 Å². The van der Waals surface area contributed by atoms with Crippen LogP contribution in [0.3, 0.4) is 0 Å². The van der Waals surface area contributed by atoms with Gasteiger partial charge in [-0.15, -0.1) is 0 Å². The first-order chi connectivity index (χ1) is 9.92. The standard InChI is InChI=1S/C13H8BrClN2O2S2/c14-12-7-10(20-8-16)4-5-13(12)17-21(18,19)11-3-1-2-9(15)6-11/h1-7,17H. The van der Waals surface area contributed by atoms with Gasteiger partial charge in [-0.2, -0.15) is 5.26 Å². The van der Waals surface area contributed by atoms with Crippen molar-refractivity contribution < 1.29 is 8.42 Å². The lowest BCUT2D eigenvalue weighted by molar-refractivity contribution is 0.601. The fourth-order valence-corrected chi connectivity index (χ4v) is 4.09. The molecule has 0 radical (unpaired) electrons. The van der Waals surface area contributed by atoms with Gasteiger partial charge in [0.1, 0.15) is 5.40 Å². The SMILES string of the molecule is N#CSc1ccc(NS(=O)(=O)c2cccc(Cl)c2)c(Br)c1. The van der Waals surface area contributed by atoms with Crippen LogP contribution in [0.25, 0.3) is 0 Å². The smallest absolute Gasteiger partial charge is 0.261 e. The minimum Gasteiger partial charge on any atom is -0.278 e. The molecule has 0 saturated heterocycles. The number of anilines is 1. The molecule has 0 aliphatic carbocycles. The molecule has 4 nitrogen and oxygen atoms in total. The highest BCUT2D eigenvalue weighted by molar-refractivity contribution is 9.10. The highest BCUT2D eigenvalue weighted by Gasteiger charge is 2.16. The minimum absolute atomic E-state index is 0.0809. The van der Waals surface area contributed by atoms with Crippen molar-refractivity contribution in [3.63, 3.8) is 0 Å². The molecule has 0 unspecified atom stereocenters. The van der Waals surface area contributed by atoms with Crippen LogP contribution in [0.2, 0.25) is 5.02 Å². The van der Waals surface area contributed by atoms with Gasteiger partial charge in [0, 0.05) is 14.4 Å². The van der Waals surface area contributed by atoms with Crippen LogP contribution in [-0.4, -0.2) is 8.42 Å². The van der Waals surface area contributed by atoms with Crippen molar-refractivity contribution in [2.75, 3.05) is 4.72 Å². The molecule has 2 rings (SSSR count). The summed E-state index contributed by atoms with van der Waals surface area (Å²) in [5, 5.41) is 10.9. The molecule has 1 N–H and O–H groups in total. The predicted molar refractivity (Wildman–Crippen MR) is 87.9 cm³/mol. The van der Waals surface area contributed by atoms with Crippen molar-refractivity contribution in [3.8, 4) is 5.40 Å². The highest BCUT2D eigenvalue weighted by Crippen LogP contribution is 2.30. The molecule has 0 aliphatic rings. The summed E-state index contributed by atoms with van der Waals surface area (Å²) in [6, 6.07) is 10.9. The molecule has 0 saturated carbocycles. The van der Waals surface area contributed by atoms with Gasteiger partial charge in [0.25, 0.3) is 10.0 Å². The Labute approximate surface area is 140 Å². The van der Waals surface area contributed by atoms with Crippen LogP contribution in [0.15, 0.2) is 56.7 Å². The number of thioether (sulfide) groups is 1. The van der Waals surface area contributed by atoms with Crippen molar-refractivity contribution in [3.05, 3.63) is 52.0 Å². The van der Waals surface area contributed by atoms with Crippen LogP contribution >= 0.6 is 39.3 Å². The number of benzene rings is 2. The Morgan fingerprint density at radius 1 is 1.24 bits per heavy atom. The van der Waals surface area contributed by atoms with Gasteiger partial charge in [0.05, 0.1) is 10.6 Å². The zero-order chi connectivity index (χ0) is 15.5. The maximum Gasteiger partial charge on any atom is 0.261 e. The van der Waals surface area contributed by atoms with Crippen LogP contribution in [0.5, 0.6) is 0 Å². The molecular formula is C13H8BrClN2O2S2. The van der Waals surface area contributed by atoms with E-state index in [9.17, 15) is 8.42 Å². The molecule has 0 amide bonds. The molecule has 2 aromatic carbocycles. The summed E-state index contributed by atoms with van der Waals surface area (Å²) in [7, 11) is -3.72. The second-order valence-electron chi connectivity index (χ2n) is 3.90. The monoisotopic (exact) mass is 402 g/mol. The Balaban J connectivity index is 2.31. The molecule has 0 aliphatic heterocycles. The lowest BCUT2D eigenvalue weighted by atomic mass is 10.3.